The van der Waals surface area contributed by atoms with Gasteiger partial charge >= 0.3 is 0 Å². The molecule has 1 spiro atoms. The van der Waals surface area contributed by atoms with Gasteiger partial charge in [-0.05, 0) is 39.5 Å². The highest BCUT2D eigenvalue weighted by molar-refractivity contribution is 9.10. The Hall–Kier alpha value is 0.880. The van der Waals surface area contributed by atoms with Crippen LogP contribution in [0.3, 0.4) is 0 Å². The summed E-state index contributed by atoms with van der Waals surface area (Å²) in [5, 5.41) is 0. The molecule has 2 aliphatic heterocycles. The molecule has 0 unspecified atom stereocenters. The van der Waals surface area contributed by atoms with Crippen molar-refractivity contribution in [2.45, 2.75) is 67.2 Å². The Kier molecular flexibility index (Phi) is 3.81. The Morgan fingerprint density at radius 2 is 1.27 bits per heavy atom. The molecule has 0 amide bonds. The van der Waals surface area contributed by atoms with E-state index in [0.717, 1.165) is 25.7 Å². The van der Waals surface area contributed by atoms with Crippen LogP contribution in [0.25, 0.3) is 0 Å². The third-order valence-corrected chi connectivity index (χ3v) is 5.49. The van der Waals surface area contributed by atoms with E-state index in [2.05, 4.69) is 45.7 Å². The molecule has 0 aromatic rings. The summed E-state index contributed by atoms with van der Waals surface area (Å²) in [6, 6.07) is 0. The van der Waals surface area contributed by atoms with Crippen LogP contribution < -0.4 is 0 Å². The van der Waals surface area contributed by atoms with E-state index in [0.29, 0.717) is 21.9 Å². The summed E-state index contributed by atoms with van der Waals surface area (Å²) in [5.41, 5.74) is 0. The maximum absolute atomic E-state index is 6.09. The largest absolute Gasteiger partial charge is 0.345 e. The lowest BCUT2D eigenvalue weighted by atomic mass is 9.93. The molecular weight excluding hydrogens is 324 g/mol. The molecule has 0 radical (unpaired) electrons. The fraction of sp³-hybridized carbons (Fsp3) is 1.00. The van der Waals surface area contributed by atoms with Gasteiger partial charge in [-0.25, -0.2) is 0 Å². The molecular formula is C11H18Br2O2. The molecule has 0 saturated carbocycles. The molecule has 2 saturated heterocycles. The monoisotopic (exact) mass is 340 g/mol. The minimum absolute atomic E-state index is 0.296. The number of hydrogen-bond donors (Lipinski definition) is 0. The first-order valence-corrected chi connectivity index (χ1v) is 7.51. The lowest BCUT2D eigenvalue weighted by Gasteiger charge is -2.50. The van der Waals surface area contributed by atoms with Gasteiger partial charge in [-0.2, -0.15) is 0 Å². The minimum atomic E-state index is -0.449. The van der Waals surface area contributed by atoms with Crippen molar-refractivity contribution in [2.75, 3.05) is 0 Å². The molecule has 0 aliphatic carbocycles. The molecule has 0 N–H and O–H groups in total. The van der Waals surface area contributed by atoms with Crippen molar-refractivity contribution in [1.82, 2.24) is 0 Å². The molecule has 2 heterocycles. The zero-order valence-corrected chi connectivity index (χ0v) is 12.4. The van der Waals surface area contributed by atoms with Crippen molar-refractivity contribution in [3.63, 3.8) is 0 Å². The van der Waals surface area contributed by atoms with Gasteiger partial charge in [-0.15, -0.1) is 0 Å². The molecule has 2 nitrogen and oxygen atoms in total. The van der Waals surface area contributed by atoms with Gasteiger partial charge in [0.2, 0.25) is 0 Å². The SMILES string of the molecule is C[C@H]1CC[C@H](Br)C2(O1)O[C@@H](C)CC[C@@H]2Br. The number of alkyl halides is 2. The zero-order valence-electron chi connectivity index (χ0n) is 9.21. The van der Waals surface area contributed by atoms with Crippen molar-refractivity contribution in [1.29, 1.82) is 0 Å². The van der Waals surface area contributed by atoms with Gasteiger partial charge in [0.25, 0.3) is 0 Å². The number of hydrogen-bond acceptors (Lipinski definition) is 2. The maximum Gasteiger partial charge on any atom is 0.193 e. The van der Waals surface area contributed by atoms with E-state index in [1.54, 1.807) is 0 Å². The summed E-state index contributed by atoms with van der Waals surface area (Å²) >= 11 is 7.44. The Morgan fingerprint density at radius 1 is 0.867 bits per heavy atom. The van der Waals surface area contributed by atoms with Crippen LogP contribution in [0.1, 0.15) is 39.5 Å². The Morgan fingerprint density at radius 3 is 1.67 bits per heavy atom. The van der Waals surface area contributed by atoms with E-state index in [-0.39, 0.29) is 0 Å². The minimum Gasteiger partial charge on any atom is -0.345 e. The molecule has 88 valence electrons. The zero-order chi connectivity index (χ0) is 11.1. The summed E-state index contributed by atoms with van der Waals surface area (Å²) in [5.74, 6) is -0.449. The number of halogens is 2. The van der Waals surface area contributed by atoms with Crippen LogP contribution >= 0.6 is 31.9 Å². The molecule has 15 heavy (non-hydrogen) atoms. The van der Waals surface area contributed by atoms with Gasteiger partial charge in [0.05, 0.1) is 21.9 Å². The van der Waals surface area contributed by atoms with E-state index in [1.165, 1.54) is 0 Å². The third-order valence-electron chi connectivity index (χ3n) is 3.30. The summed E-state index contributed by atoms with van der Waals surface area (Å²) < 4.78 is 12.2. The van der Waals surface area contributed by atoms with E-state index in [1.807, 2.05) is 0 Å². The highest BCUT2D eigenvalue weighted by Gasteiger charge is 2.52. The predicted molar refractivity (Wildman–Crippen MR) is 67.7 cm³/mol. The smallest absolute Gasteiger partial charge is 0.193 e. The van der Waals surface area contributed by atoms with Crippen molar-refractivity contribution in [3.05, 3.63) is 0 Å². The molecule has 2 fully saturated rings. The average molecular weight is 342 g/mol. The van der Waals surface area contributed by atoms with Crippen molar-refractivity contribution < 1.29 is 9.47 Å². The van der Waals surface area contributed by atoms with Crippen LogP contribution in [0.2, 0.25) is 0 Å². The van der Waals surface area contributed by atoms with Crippen LogP contribution in [0.5, 0.6) is 0 Å². The lowest BCUT2D eigenvalue weighted by Crippen LogP contribution is -2.59. The first-order valence-electron chi connectivity index (χ1n) is 5.68. The normalized spacial score (nSPS) is 45.6. The van der Waals surface area contributed by atoms with Gasteiger partial charge in [-0.3, -0.25) is 0 Å². The maximum atomic E-state index is 6.09. The standard InChI is InChI=1S/C11H18Br2O2/c1-7-3-5-9(12)11(14-7)10(13)6-4-8(2)15-11/h7-10H,3-6H2,1-2H3/t7-,8-,9-,10-,11?/m0/s1. The van der Waals surface area contributed by atoms with E-state index < -0.39 is 5.79 Å². The van der Waals surface area contributed by atoms with E-state index in [4.69, 9.17) is 9.47 Å². The number of ether oxygens (including phenoxy) is 2. The molecule has 0 aromatic heterocycles. The second-order valence-electron chi connectivity index (χ2n) is 4.67. The van der Waals surface area contributed by atoms with Gasteiger partial charge in [0, 0.05) is 0 Å². The Bertz CT molecular complexity index is 211. The Labute approximate surface area is 108 Å². The van der Waals surface area contributed by atoms with Crippen molar-refractivity contribution in [2.24, 2.45) is 0 Å². The summed E-state index contributed by atoms with van der Waals surface area (Å²) in [6.07, 6.45) is 5.05. The first kappa shape index (κ1) is 12.3. The van der Waals surface area contributed by atoms with Crippen LogP contribution in [0, 0.1) is 0 Å². The molecule has 0 aromatic carbocycles. The van der Waals surface area contributed by atoms with Crippen molar-refractivity contribution in [3.8, 4) is 0 Å². The fourth-order valence-electron chi connectivity index (χ4n) is 2.43. The molecule has 4 heteroatoms. The lowest BCUT2D eigenvalue weighted by molar-refractivity contribution is -0.299. The molecule has 4 atom stereocenters. The number of rotatable bonds is 0. The van der Waals surface area contributed by atoms with E-state index >= 15 is 0 Å². The molecule has 0 bridgehead atoms. The topological polar surface area (TPSA) is 18.5 Å². The highest BCUT2D eigenvalue weighted by atomic mass is 79.9. The van der Waals surface area contributed by atoms with Gasteiger partial charge in [0.15, 0.2) is 5.79 Å². The first-order chi connectivity index (χ1) is 7.04. The summed E-state index contributed by atoms with van der Waals surface area (Å²) in [7, 11) is 0. The molecule has 2 rings (SSSR count). The second kappa shape index (κ2) is 4.63. The van der Waals surface area contributed by atoms with Gasteiger partial charge in [-0.1, -0.05) is 31.9 Å². The van der Waals surface area contributed by atoms with Gasteiger partial charge in [0.1, 0.15) is 0 Å². The van der Waals surface area contributed by atoms with Gasteiger partial charge < -0.3 is 9.47 Å². The summed E-state index contributed by atoms with van der Waals surface area (Å²) in [4.78, 5) is 0.599. The predicted octanol–water partition coefficient (Wildman–Crippen LogP) is 3.61. The fourth-order valence-corrected chi connectivity index (χ4v) is 4.38. The summed E-state index contributed by atoms with van der Waals surface area (Å²) in [6.45, 7) is 4.26. The quantitative estimate of drug-likeness (QED) is 0.627. The van der Waals surface area contributed by atoms with Crippen LogP contribution in [0.4, 0.5) is 0 Å². The molecule has 2 aliphatic rings. The average Bonchev–Trinajstić information content (AvgIpc) is 2.18. The van der Waals surface area contributed by atoms with Crippen molar-refractivity contribution >= 4 is 31.9 Å². The third kappa shape index (κ3) is 2.28. The Balaban J connectivity index is 2.19. The van der Waals surface area contributed by atoms with Crippen LogP contribution in [0.15, 0.2) is 0 Å². The van der Waals surface area contributed by atoms with E-state index in [9.17, 15) is 0 Å². The second-order valence-corrected chi connectivity index (χ2v) is 6.88. The highest BCUT2D eigenvalue weighted by Crippen LogP contribution is 2.45. The van der Waals surface area contributed by atoms with Crippen LogP contribution in [-0.4, -0.2) is 27.6 Å². The van der Waals surface area contributed by atoms with Crippen LogP contribution in [-0.2, 0) is 9.47 Å².